The second-order valence-electron chi connectivity index (χ2n) is 5.34. The zero-order valence-electron chi connectivity index (χ0n) is 11.1. The predicted octanol–water partition coefficient (Wildman–Crippen LogP) is 2.47. The molecule has 1 aromatic rings. The molecule has 4 heteroatoms. The largest absolute Gasteiger partial charge is 0.508 e. The van der Waals surface area contributed by atoms with Crippen molar-refractivity contribution in [1.29, 1.82) is 0 Å². The van der Waals surface area contributed by atoms with Crippen LogP contribution < -0.4 is 0 Å². The molecule has 1 aliphatic rings. The predicted molar refractivity (Wildman–Crippen MR) is 73.0 cm³/mol. The molecule has 0 saturated carbocycles. The lowest BCUT2D eigenvalue weighted by atomic mass is 9.93. The zero-order chi connectivity index (χ0) is 13.7. The van der Waals surface area contributed by atoms with Crippen molar-refractivity contribution >= 4 is 5.97 Å². The number of benzene rings is 1. The summed E-state index contributed by atoms with van der Waals surface area (Å²) in [4.78, 5) is 13.0. The van der Waals surface area contributed by atoms with Gasteiger partial charge in [-0.25, -0.2) is 0 Å². The molecule has 2 N–H and O–H groups in total. The van der Waals surface area contributed by atoms with Crippen molar-refractivity contribution in [2.24, 2.45) is 5.92 Å². The van der Waals surface area contributed by atoms with Gasteiger partial charge in [-0.2, -0.15) is 0 Å². The van der Waals surface area contributed by atoms with Gasteiger partial charge < -0.3 is 10.2 Å². The minimum atomic E-state index is -0.698. The monoisotopic (exact) mass is 263 g/mol. The lowest BCUT2D eigenvalue weighted by Crippen LogP contribution is -2.35. The fourth-order valence-corrected chi connectivity index (χ4v) is 2.72. The van der Waals surface area contributed by atoms with Crippen molar-refractivity contribution in [2.75, 3.05) is 13.1 Å². The highest BCUT2D eigenvalue weighted by Gasteiger charge is 2.20. The van der Waals surface area contributed by atoms with E-state index in [0.717, 1.165) is 38.9 Å². The Kier molecular flexibility index (Phi) is 4.80. The molecular formula is C15H21NO3. The highest BCUT2D eigenvalue weighted by atomic mass is 16.4. The van der Waals surface area contributed by atoms with Gasteiger partial charge in [0.05, 0.1) is 0 Å². The summed E-state index contributed by atoms with van der Waals surface area (Å²) in [6.07, 6.45) is 3.33. The van der Waals surface area contributed by atoms with Gasteiger partial charge >= 0.3 is 5.97 Å². The third-order valence-electron chi connectivity index (χ3n) is 3.71. The number of phenols is 1. The fraction of sp³-hybridized carbons (Fsp3) is 0.533. The molecule has 4 nitrogen and oxygen atoms in total. The topological polar surface area (TPSA) is 60.8 Å². The maximum atomic E-state index is 10.6. The van der Waals surface area contributed by atoms with Crippen molar-refractivity contribution in [3.05, 3.63) is 29.8 Å². The number of hydrogen-bond acceptors (Lipinski definition) is 3. The number of piperidine rings is 1. The van der Waals surface area contributed by atoms with Crippen LogP contribution in [0.1, 0.15) is 31.2 Å². The van der Waals surface area contributed by atoms with Crippen molar-refractivity contribution < 1.29 is 15.0 Å². The molecule has 2 rings (SSSR count). The number of carboxylic acid groups (broad SMARTS) is 1. The smallest absolute Gasteiger partial charge is 0.303 e. The SMILES string of the molecule is O=C(O)CCC1CCCN(Cc2ccc(O)cc2)C1. The van der Waals surface area contributed by atoms with E-state index in [1.54, 1.807) is 12.1 Å². The Morgan fingerprint density at radius 2 is 2.05 bits per heavy atom. The average molecular weight is 263 g/mol. The van der Waals surface area contributed by atoms with E-state index >= 15 is 0 Å². The fourth-order valence-electron chi connectivity index (χ4n) is 2.72. The van der Waals surface area contributed by atoms with E-state index in [4.69, 9.17) is 5.11 Å². The van der Waals surface area contributed by atoms with Gasteiger partial charge in [0.15, 0.2) is 0 Å². The van der Waals surface area contributed by atoms with Crippen LogP contribution in [0.5, 0.6) is 5.75 Å². The van der Waals surface area contributed by atoms with E-state index in [9.17, 15) is 9.90 Å². The van der Waals surface area contributed by atoms with Crippen LogP contribution in [0.25, 0.3) is 0 Å². The highest BCUT2D eigenvalue weighted by Crippen LogP contribution is 2.22. The molecule has 1 aliphatic heterocycles. The third kappa shape index (κ3) is 4.56. The average Bonchev–Trinajstić information content (AvgIpc) is 2.40. The summed E-state index contributed by atoms with van der Waals surface area (Å²) in [5.74, 6) is 0.0966. The van der Waals surface area contributed by atoms with E-state index in [2.05, 4.69) is 4.90 Å². The molecule has 0 aromatic heterocycles. The third-order valence-corrected chi connectivity index (χ3v) is 3.71. The quantitative estimate of drug-likeness (QED) is 0.856. The molecule has 1 atom stereocenters. The Morgan fingerprint density at radius 3 is 2.74 bits per heavy atom. The van der Waals surface area contributed by atoms with Gasteiger partial charge in [-0.15, -0.1) is 0 Å². The lowest BCUT2D eigenvalue weighted by molar-refractivity contribution is -0.137. The second-order valence-corrected chi connectivity index (χ2v) is 5.34. The molecule has 0 aliphatic carbocycles. The van der Waals surface area contributed by atoms with Crippen molar-refractivity contribution in [1.82, 2.24) is 4.90 Å². The lowest BCUT2D eigenvalue weighted by Gasteiger charge is -2.32. The van der Waals surface area contributed by atoms with Gasteiger partial charge in [-0.1, -0.05) is 12.1 Å². The van der Waals surface area contributed by atoms with Crippen LogP contribution in [0.15, 0.2) is 24.3 Å². The first kappa shape index (κ1) is 13.9. The Bertz CT molecular complexity index is 416. The summed E-state index contributed by atoms with van der Waals surface area (Å²) in [5, 5.41) is 18.0. The van der Waals surface area contributed by atoms with E-state index in [1.807, 2.05) is 12.1 Å². The van der Waals surface area contributed by atoms with E-state index in [0.29, 0.717) is 11.7 Å². The first-order chi connectivity index (χ1) is 9.13. The zero-order valence-corrected chi connectivity index (χ0v) is 11.1. The summed E-state index contributed by atoms with van der Waals surface area (Å²) in [6.45, 7) is 2.93. The molecule has 0 bridgehead atoms. The maximum absolute atomic E-state index is 10.6. The number of likely N-dealkylation sites (tertiary alicyclic amines) is 1. The number of hydrogen-bond donors (Lipinski definition) is 2. The molecular weight excluding hydrogens is 242 g/mol. The summed E-state index contributed by atoms with van der Waals surface area (Å²) < 4.78 is 0. The molecule has 104 valence electrons. The Labute approximate surface area is 113 Å². The number of nitrogens with zero attached hydrogens (tertiary/aromatic N) is 1. The van der Waals surface area contributed by atoms with Gasteiger partial charge in [0.25, 0.3) is 0 Å². The molecule has 1 fully saturated rings. The number of aromatic hydroxyl groups is 1. The number of carbonyl (C=O) groups is 1. The normalized spacial score (nSPS) is 20.3. The van der Waals surface area contributed by atoms with E-state index in [-0.39, 0.29) is 6.42 Å². The first-order valence-electron chi connectivity index (χ1n) is 6.85. The molecule has 0 amide bonds. The summed E-state index contributed by atoms with van der Waals surface area (Å²) in [6, 6.07) is 7.30. The summed E-state index contributed by atoms with van der Waals surface area (Å²) in [5.41, 5.74) is 1.19. The van der Waals surface area contributed by atoms with Crippen LogP contribution in [-0.4, -0.2) is 34.2 Å². The van der Waals surface area contributed by atoms with E-state index in [1.165, 1.54) is 5.56 Å². The standard InChI is InChI=1S/C15H21NO3/c17-14-6-3-13(4-7-14)11-16-9-1-2-12(10-16)5-8-15(18)19/h3-4,6-7,12,17H,1-2,5,8-11H2,(H,18,19). The molecule has 0 radical (unpaired) electrons. The Balaban J connectivity index is 1.83. The van der Waals surface area contributed by atoms with Crippen LogP contribution in [0, 0.1) is 5.92 Å². The van der Waals surface area contributed by atoms with E-state index < -0.39 is 5.97 Å². The molecule has 1 heterocycles. The van der Waals surface area contributed by atoms with Gasteiger partial charge in [0.1, 0.15) is 5.75 Å². The second kappa shape index (κ2) is 6.57. The Hall–Kier alpha value is -1.55. The van der Waals surface area contributed by atoms with Crippen molar-refractivity contribution in [3.8, 4) is 5.75 Å². The van der Waals surface area contributed by atoms with Crippen LogP contribution in [0.2, 0.25) is 0 Å². The van der Waals surface area contributed by atoms with Gasteiger partial charge in [0.2, 0.25) is 0 Å². The number of aliphatic carboxylic acids is 1. The molecule has 0 spiro atoms. The number of phenolic OH excluding ortho intramolecular Hbond substituents is 1. The Morgan fingerprint density at radius 1 is 1.32 bits per heavy atom. The number of rotatable bonds is 5. The van der Waals surface area contributed by atoms with Crippen molar-refractivity contribution in [3.63, 3.8) is 0 Å². The van der Waals surface area contributed by atoms with Crippen LogP contribution in [-0.2, 0) is 11.3 Å². The molecule has 19 heavy (non-hydrogen) atoms. The van der Waals surface area contributed by atoms with Gasteiger partial charge in [0, 0.05) is 19.5 Å². The summed E-state index contributed by atoms with van der Waals surface area (Å²) >= 11 is 0. The first-order valence-corrected chi connectivity index (χ1v) is 6.85. The highest BCUT2D eigenvalue weighted by molar-refractivity contribution is 5.66. The molecule has 1 aromatic carbocycles. The molecule has 1 unspecified atom stereocenters. The summed E-state index contributed by atoms with van der Waals surface area (Å²) in [7, 11) is 0. The minimum Gasteiger partial charge on any atom is -0.508 e. The van der Waals surface area contributed by atoms with Crippen LogP contribution in [0.3, 0.4) is 0 Å². The maximum Gasteiger partial charge on any atom is 0.303 e. The van der Waals surface area contributed by atoms with Crippen LogP contribution in [0.4, 0.5) is 0 Å². The van der Waals surface area contributed by atoms with Gasteiger partial charge in [-0.05, 0) is 49.4 Å². The van der Waals surface area contributed by atoms with Crippen molar-refractivity contribution in [2.45, 2.75) is 32.2 Å². The van der Waals surface area contributed by atoms with Gasteiger partial charge in [-0.3, -0.25) is 9.69 Å². The number of carboxylic acids is 1. The molecule has 1 saturated heterocycles. The van der Waals surface area contributed by atoms with Crippen LogP contribution >= 0.6 is 0 Å². The minimum absolute atomic E-state index is 0.276.